The van der Waals surface area contributed by atoms with E-state index in [0.29, 0.717) is 5.92 Å². The number of carbonyl (C=O) groups excluding carboxylic acids is 1. The third-order valence-electron chi connectivity index (χ3n) is 5.57. The van der Waals surface area contributed by atoms with E-state index in [9.17, 15) is 4.79 Å². The van der Waals surface area contributed by atoms with Crippen molar-refractivity contribution in [2.45, 2.75) is 46.0 Å². The van der Waals surface area contributed by atoms with Crippen LogP contribution in [0.25, 0.3) is 11.1 Å². The molecule has 0 N–H and O–H groups in total. The Morgan fingerprint density at radius 2 is 1.43 bits per heavy atom. The summed E-state index contributed by atoms with van der Waals surface area (Å²) in [5.41, 5.74) is 5.10. The molecule has 1 unspecified atom stereocenters. The highest BCUT2D eigenvalue weighted by Crippen LogP contribution is 2.24. The van der Waals surface area contributed by atoms with Gasteiger partial charge >= 0.3 is 0 Å². The van der Waals surface area contributed by atoms with Crippen molar-refractivity contribution < 1.29 is 4.79 Å². The van der Waals surface area contributed by atoms with Gasteiger partial charge in [0.1, 0.15) is 0 Å². The third-order valence-corrected chi connectivity index (χ3v) is 5.57. The second kappa shape index (κ2) is 10.0. The standard InChI is InChI=1S/C27H30O/c1-3-5-11-21(4-2)20-25-14-9-10-15-26(25)27(28)24-18-16-23(17-19-24)22-12-7-6-8-13-22/h6-10,12-19,21H,3-5,11,20H2,1-2H3. The molecule has 0 spiro atoms. The number of hydrogen-bond donors (Lipinski definition) is 0. The van der Waals surface area contributed by atoms with E-state index in [1.807, 2.05) is 54.6 Å². The average Bonchev–Trinajstić information content (AvgIpc) is 2.77. The molecule has 28 heavy (non-hydrogen) atoms. The molecule has 0 fully saturated rings. The Labute approximate surface area is 169 Å². The van der Waals surface area contributed by atoms with Crippen LogP contribution >= 0.6 is 0 Å². The van der Waals surface area contributed by atoms with Crippen LogP contribution in [0.1, 0.15) is 61.0 Å². The molecule has 0 heterocycles. The summed E-state index contributed by atoms with van der Waals surface area (Å²) in [5.74, 6) is 0.773. The van der Waals surface area contributed by atoms with Crippen LogP contribution in [0.5, 0.6) is 0 Å². The van der Waals surface area contributed by atoms with Gasteiger partial charge in [0.25, 0.3) is 0 Å². The van der Waals surface area contributed by atoms with E-state index in [-0.39, 0.29) is 5.78 Å². The Morgan fingerprint density at radius 3 is 2.11 bits per heavy atom. The van der Waals surface area contributed by atoms with Gasteiger partial charge in [0, 0.05) is 11.1 Å². The van der Waals surface area contributed by atoms with Crippen molar-refractivity contribution in [2.24, 2.45) is 5.92 Å². The molecule has 3 aromatic rings. The Bertz CT molecular complexity index is 878. The summed E-state index contributed by atoms with van der Waals surface area (Å²) >= 11 is 0. The summed E-state index contributed by atoms with van der Waals surface area (Å²) in [6, 6.07) is 26.4. The van der Waals surface area contributed by atoms with Gasteiger partial charge in [-0.15, -0.1) is 0 Å². The fourth-order valence-electron chi connectivity index (χ4n) is 3.77. The van der Waals surface area contributed by atoms with Crippen LogP contribution in [0.4, 0.5) is 0 Å². The van der Waals surface area contributed by atoms with Crippen molar-refractivity contribution in [3.8, 4) is 11.1 Å². The molecule has 3 aromatic carbocycles. The molecule has 0 saturated carbocycles. The van der Waals surface area contributed by atoms with E-state index in [0.717, 1.165) is 29.5 Å². The van der Waals surface area contributed by atoms with Crippen LogP contribution in [-0.2, 0) is 6.42 Å². The average molecular weight is 371 g/mol. The molecule has 0 aromatic heterocycles. The van der Waals surface area contributed by atoms with E-state index in [2.05, 4.69) is 38.1 Å². The predicted molar refractivity (Wildman–Crippen MR) is 119 cm³/mol. The van der Waals surface area contributed by atoms with E-state index in [1.54, 1.807) is 0 Å². The summed E-state index contributed by atoms with van der Waals surface area (Å²) in [4.78, 5) is 13.2. The number of benzene rings is 3. The van der Waals surface area contributed by atoms with Gasteiger partial charge in [0.15, 0.2) is 5.78 Å². The van der Waals surface area contributed by atoms with Gasteiger partial charge < -0.3 is 0 Å². The van der Waals surface area contributed by atoms with Gasteiger partial charge in [0.2, 0.25) is 0 Å². The molecule has 0 bridgehead atoms. The summed E-state index contributed by atoms with van der Waals surface area (Å²) in [5, 5.41) is 0. The highest BCUT2D eigenvalue weighted by molar-refractivity contribution is 6.10. The topological polar surface area (TPSA) is 17.1 Å². The van der Waals surface area contributed by atoms with Gasteiger partial charge in [-0.05, 0) is 29.0 Å². The lowest BCUT2D eigenvalue weighted by atomic mass is 9.88. The summed E-state index contributed by atoms with van der Waals surface area (Å²) in [6.45, 7) is 4.50. The van der Waals surface area contributed by atoms with Crippen molar-refractivity contribution in [3.05, 3.63) is 95.6 Å². The molecule has 144 valence electrons. The Morgan fingerprint density at radius 1 is 0.786 bits per heavy atom. The van der Waals surface area contributed by atoms with E-state index < -0.39 is 0 Å². The van der Waals surface area contributed by atoms with Crippen LogP contribution in [0.15, 0.2) is 78.9 Å². The minimum atomic E-state index is 0.126. The fraction of sp³-hybridized carbons (Fsp3) is 0.296. The van der Waals surface area contributed by atoms with Crippen molar-refractivity contribution in [3.63, 3.8) is 0 Å². The maximum atomic E-state index is 13.2. The van der Waals surface area contributed by atoms with Gasteiger partial charge in [-0.1, -0.05) is 118 Å². The Balaban J connectivity index is 1.81. The summed E-state index contributed by atoms with van der Waals surface area (Å²) in [7, 11) is 0. The third kappa shape index (κ3) is 4.98. The lowest BCUT2D eigenvalue weighted by molar-refractivity contribution is 0.103. The van der Waals surface area contributed by atoms with Gasteiger partial charge in [0.05, 0.1) is 0 Å². The minimum Gasteiger partial charge on any atom is -0.289 e. The molecule has 0 aliphatic rings. The number of hydrogen-bond acceptors (Lipinski definition) is 1. The van der Waals surface area contributed by atoms with Crippen molar-refractivity contribution >= 4 is 5.78 Å². The molecule has 3 rings (SSSR count). The lowest BCUT2D eigenvalue weighted by Gasteiger charge is -2.17. The molecule has 0 radical (unpaired) electrons. The zero-order valence-electron chi connectivity index (χ0n) is 17.0. The first-order chi connectivity index (χ1) is 13.7. The maximum Gasteiger partial charge on any atom is 0.193 e. The van der Waals surface area contributed by atoms with Crippen molar-refractivity contribution in [1.29, 1.82) is 0 Å². The van der Waals surface area contributed by atoms with E-state index in [1.165, 1.54) is 30.4 Å². The molecule has 1 heteroatoms. The van der Waals surface area contributed by atoms with Crippen molar-refractivity contribution in [2.75, 3.05) is 0 Å². The van der Waals surface area contributed by atoms with Crippen molar-refractivity contribution in [1.82, 2.24) is 0 Å². The van der Waals surface area contributed by atoms with Gasteiger partial charge in [-0.3, -0.25) is 4.79 Å². The second-order valence-corrected chi connectivity index (χ2v) is 7.55. The molecule has 1 nitrogen and oxygen atoms in total. The lowest BCUT2D eigenvalue weighted by Crippen LogP contribution is -2.10. The van der Waals surface area contributed by atoms with Crippen LogP contribution in [0.3, 0.4) is 0 Å². The Hall–Kier alpha value is -2.67. The molecular weight excluding hydrogens is 340 g/mol. The smallest absolute Gasteiger partial charge is 0.193 e. The number of rotatable bonds is 9. The predicted octanol–water partition coefficient (Wildman–Crippen LogP) is 7.34. The molecular formula is C27H30O. The SMILES string of the molecule is CCCCC(CC)Cc1ccccc1C(=O)c1ccc(-c2ccccc2)cc1. The molecule has 0 amide bonds. The molecule has 0 saturated heterocycles. The molecule has 1 atom stereocenters. The fourth-order valence-corrected chi connectivity index (χ4v) is 3.77. The quantitative estimate of drug-likeness (QED) is 0.360. The highest BCUT2D eigenvalue weighted by Gasteiger charge is 2.16. The summed E-state index contributed by atoms with van der Waals surface area (Å²) in [6.07, 6.45) is 5.87. The van der Waals surface area contributed by atoms with Crippen LogP contribution in [0, 0.1) is 5.92 Å². The van der Waals surface area contributed by atoms with Crippen LogP contribution in [-0.4, -0.2) is 5.78 Å². The first-order valence-corrected chi connectivity index (χ1v) is 10.5. The normalized spacial score (nSPS) is 11.9. The zero-order chi connectivity index (χ0) is 19.8. The first kappa shape index (κ1) is 20.1. The first-order valence-electron chi connectivity index (χ1n) is 10.5. The van der Waals surface area contributed by atoms with Crippen LogP contribution < -0.4 is 0 Å². The number of carbonyl (C=O) groups is 1. The molecule has 0 aliphatic heterocycles. The largest absolute Gasteiger partial charge is 0.289 e. The van der Waals surface area contributed by atoms with Gasteiger partial charge in [-0.25, -0.2) is 0 Å². The number of ketones is 1. The van der Waals surface area contributed by atoms with Gasteiger partial charge in [-0.2, -0.15) is 0 Å². The summed E-state index contributed by atoms with van der Waals surface area (Å²) < 4.78 is 0. The monoisotopic (exact) mass is 370 g/mol. The Kier molecular flexibility index (Phi) is 7.19. The maximum absolute atomic E-state index is 13.2. The molecule has 0 aliphatic carbocycles. The second-order valence-electron chi connectivity index (χ2n) is 7.55. The number of unbranched alkanes of at least 4 members (excludes halogenated alkanes) is 1. The minimum absolute atomic E-state index is 0.126. The van der Waals surface area contributed by atoms with Crippen LogP contribution in [0.2, 0.25) is 0 Å². The zero-order valence-corrected chi connectivity index (χ0v) is 17.0. The van der Waals surface area contributed by atoms with E-state index in [4.69, 9.17) is 0 Å². The van der Waals surface area contributed by atoms with E-state index >= 15 is 0 Å². The highest BCUT2D eigenvalue weighted by atomic mass is 16.1.